The van der Waals surface area contributed by atoms with E-state index in [0.717, 1.165) is 23.9 Å². The fraction of sp³-hybridized carbons (Fsp3) is 0.188. The van der Waals surface area contributed by atoms with Gasteiger partial charge in [0.05, 0.1) is 0 Å². The normalized spacial score (nSPS) is 10.4. The Hall–Kier alpha value is -2.72. The molecule has 3 aromatic rings. The summed E-state index contributed by atoms with van der Waals surface area (Å²) in [6.07, 6.45) is 0.737. The lowest BCUT2D eigenvalue weighted by Crippen LogP contribution is -2.04. The van der Waals surface area contributed by atoms with Gasteiger partial charge in [0.2, 0.25) is 0 Å². The topological polar surface area (TPSA) is 80.3 Å². The van der Waals surface area contributed by atoms with Crippen molar-refractivity contribution in [1.82, 2.24) is 25.0 Å². The van der Waals surface area contributed by atoms with E-state index in [1.165, 1.54) is 17.3 Å². The van der Waals surface area contributed by atoms with Crippen LogP contribution >= 0.6 is 11.8 Å². The van der Waals surface area contributed by atoms with Crippen molar-refractivity contribution in [2.45, 2.75) is 30.1 Å². The van der Waals surface area contributed by atoms with E-state index in [1.54, 1.807) is 12.1 Å². The third kappa shape index (κ3) is 3.55. The highest BCUT2D eigenvalue weighted by atomic mass is 32.2. The third-order valence-electron chi connectivity index (χ3n) is 3.27. The van der Waals surface area contributed by atoms with E-state index in [2.05, 4.69) is 44.0 Å². The number of nitriles is 1. The van der Waals surface area contributed by atoms with Crippen LogP contribution in [0.5, 0.6) is 0 Å². The number of aromatic nitrogens is 5. The van der Waals surface area contributed by atoms with Gasteiger partial charge in [-0.05, 0) is 36.4 Å². The maximum atomic E-state index is 8.76. The molecule has 0 spiro atoms. The Balaban J connectivity index is 1.81. The van der Waals surface area contributed by atoms with Crippen molar-refractivity contribution >= 4 is 11.8 Å². The molecule has 0 saturated heterocycles. The smallest absolute Gasteiger partial charge is 0.197 e. The molecule has 0 aliphatic carbocycles. The second-order valence-electron chi connectivity index (χ2n) is 4.78. The van der Waals surface area contributed by atoms with Gasteiger partial charge in [-0.2, -0.15) is 5.26 Å². The van der Waals surface area contributed by atoms with Gasteiger partial charge in [0.25, 0.3) is 0 Å². The quantitative estimate of drug-likeness (QED) is 0.718. The minimum Gasteiger partial charge on any atom is -0.306 e. The van der Waals surface area contributed by atoms with Crippen molar-refractivity contribution in [3.05, 3.63) is 59.5 Å². The molecule has 0 bridgehead atoms. The van der Waals surface area contributed by atoms with Crippen molar-refractivity contribution in [3.8, 4) is 6.07 Å². The van der Waals surface area contributed by atoms with Crippen LogP contribution in [0.4, 0.5) is 0 Å². The second-order valence-corrected chi connectivity index (χ2v) is 5.76. The molecule has 0 N–H and O–H groups in total. The van der Waals surface area contributed by atoms with Crippen LogP contribution < -0.4 is 0 Å². The predicted octanol–water partition coefficient (Wildman–Crippen LogP) is 2.70. The largest absolute Gasteiger partial charge is 0.306 e. The first-order valence-electron chi connectivity index (χ1n) is 7.18. The lowest BCUT2D eigenvalue weighted by Gasteiger charge is -2.06. The minimum atomic E-state index is 0.302. The highest BCUT2D eigenvalue weighted by molar-refractivity contribution is 7.99. The first-order valence-corrected chi connectivity index (χ1v) is 7.99. The van der Waals surface area contributed by atoms with Crippen LogP contribution in [0.25, 0.3) is 0 Å². The van der Waals surface area contributed by atoms with Gasteiger partial charge >= 0.3 is 0 Å². The molecule has 1 aromatic carbocycles. The molecule has 0 fully saturated rings. The Bertz CT molecular complexity index is 820. The Morgan fingerprint density at radius 2 is 1.87 bits per heavy atom. The second kappa shape index (κ2) is 7.03. The molecule has 114 valence electrons. The summed E-state index contributed by atoms with van der Waals surface area (Å²) in [4.78, 5) is 0. The number of hydrogen-bond donors (Lipinski definition) is 0. The monoisotopic (exact) mass is 322 g/mol. The summed E-state index contributed by atoms with van der Waals surface area (Å²) >= 11 is 1.40. The van der Waals surface area contributed by atoms with Gasteiger partial charge < -0.3 is 4.57 Å². The average molecular weight is 322 g/mol. The van der Waals surface area contributed by atoms with Gasteiger partial charge in [0, 0.05) is 13.0 Å². The van der Waals surface area contributed by atoms with E-state index in [9.17, 15) is 0 Å². The zero-order chi connectivity index (χ0) is 16.1. The van der Waals surface area contributed by atoms with E-state index in [1.807, 2.05) is 24.3 Å². The van der Waals surface area contributed by atoms with E-state index >= 15 is 0 Å². The van der Waals surface area contributed by atoms with Crippen molar-refractivity contribution in [3.63, 3.8) is 0 Å². The van der Waals surface area contributed by atoms with Crippen LogP contribution in [0.15, 0.2) is 52.6 Å². The lowest BCUT2D eigenvalue weighted by atomic mass is 10.1. The molecule has 0 aliphatic heterocycles. The number of benzene rings is 1. The summed E-state index contributed by atoms with van der Waals surface area (Å²) in [7, 11) is 0. The molecule has 7 heteroatoms. The first kappa shape index (κ1) is 15.2. The van der Waals surface area contributed by atoms with Crippen molar-refractivity contribution in [1.29, 1.82) is 5.26 Å². The predicted molar refractivity (Wildman–Crippen MR) is 85.8 cm³/mol. The van der Waals surface area contributed by atoms with Crippen molar-refractivity contribution in [2.24, 2.45) is 0 Å². The summed E-state index contributed by atoms with van der Waals surface area (Å²) in [6, 6.07) is 15.6. The van der Waals surface area contributed by atoms with Crippen molar-refractivity contribution in [2.75, 3.05) is 0 Å². The molecular weight excluding hydrogens is 308 g/mol. The molecule has 3 rings (SSSR count). The molecule has 2 aromatic heterocycles. The maximum absolute atomic E-state index is 8.76. The van der Waals surface area contributed by atoms with Gasteiger partial charge in [-0.15, -0.1) is 20.4 Å². The molecule has 0 aliphatic rings. The zero-order valence-electron chi connectivity index (χ0n) is 12.5. The van der Waals surface area contributed by atoms with E-state index < -0.39 is 0 Å². The molecule has 23 heavy (non-hydrogen) atoms. The number of hydrogen-bond acceptors (Lipinski definition) is 6. The standard InChI is InChI=1S/C16H14N6S/c1-2-22-14(10-12-6-4-3-5-7-12)19-21-16(22)23-15-9-8-13(11-17)18-20-15/h3-9H,2,10H2,1H3. The highest BCUT2D eigenvalue weighted by Gasteiger charge is 2.13. The van der Waals surface area contributed by atoms with Gasteiger partial charge in [0.1, 0.15) is 16.9 Å². The fourth-order valence-corrected chi connectivity index (χ4v) is 2.98. The Morgan fingerprint density at radius 1 is 1.04 bits per heavy atom. The van der Waals surface area contributed by atoms with Gasteiger partial charge in [-0.25, -0.2) is 0 Å². The molecular formula is C16H14N6S. The average Bonchev–Trinajstić information content (AvgIpc) is 2.98. The van der Waals surface area contributed by atoms with Crippen molar-refractivity contribution < 1.29 is 0 Å². The first-order chi connectivity index (χ1) is 11.3. The lowest BCUT2D eigenvalue weighted by molar-refractivity contribution is 0.650. The molecule has 6 nitrogen and oxygen atoms in total. The van der Waals surface area contributed by atoms with E-state index in [-0.39, 0.29) is 0 Å². The summed E-state index contributed by atoms with van der Waals surface area (Å²) in [5, 5.41) is 26.7. The van der Waals surface area contributed by atoms with Crippen LogP contribution in [0.1, 0.15) is 24.0 Å². The molecule has 0 amide bonds. The van der Waals surface area contributed by atoms with Gasteiger partial charge in [-0.1, -0.05) is 30.3 Å². The van der Waals surface area contributed by atoms with Gasteiger partial charge in [0.15, 0.2) is 10.9 Å². The number of rotatable bonds is 5. The Morgan fingerprint density at radius 3 is 2.52 bits per heavy atom. The summed E-state index contributed by atoms with van der Waals surface area (Å²) in [5.41, 5.74) is 1.50. The third-order valence-corrected chi connectivity index (χ3v) is 4.18. The van der Waals surface area contributed by atoms with Crippen LogP contribution in [0, 0.1) is 11.3 Å². The highest BCUT2D eigenvalue weighted by Crippen LogP contribution is 2.25. The molecule has 0 unspecified atom stereocenters. The van der Waals surface area contributed by atoms with Crippen LogP contribution in [0.2, 0.25) is 0 Å². The molecule has 0 radical (unpaired) electrons. The maximum Gasteiger partial charge on any atom is 0.197 e. The van der Waals surface area contributed by atoms with Crippen LogP contribution in [-0.4, -0.2) is 25.0 Å². The SMILES string of the molecule is CCn1c(Cc2ccccc2)nnc1Sc1ccc(C#N)nn1. The Kier molecular flexibility index (Phi) is 4.64. The van der Waals surface area contributed by atoms with Crippen LogP contribution in [-0.2, 0) is 13.0 Å². The zero-order valence-corrected chi connectivity index (χ0v) is 13.4. The Labute approximate surface area is 138 Å². The van der Waals surface area contributed by atoms with Gasteiger partial charge in [-0.3, -0.25) is 0 Å². The summed E-state index contributed by atoms with van der Waals surface area (Å²) < 4.78 is 2.07. The molecule has 0 saturated carbocycles. The van der Waals surface area contributed by atoms with E-state index in [4.69, 9.17) is 5.26 Å². The fourth-order valence-electron chi connectivity index (χ4n) is 2.15. The molecule has 0 atom stereocenters. The number of nitrogens with zero attached hydrogens (tertiary/aromatic N) is 6. The molecule has 2 heterocycles. The van der Waals surface area contributed by atoms with Crippen LogP contribution in [0.3, 0.4) is 0 Å². The minimum absolute atomic E-state index is 0.302. The van der Waals surface area contributed by atoms with E-state index in [0.29, 0.717) is 10.7 Å². The summed E-state index contributed by atoms with van der Waals surface area (Å²) in [6.45, 7) is 2.84. The summed E-state index contributed by atoms with van der Waals surface area (Å²) in [5.74, 6) is 0.919.